The van der Waals surface area contributed by atoms with E-state index in [1.165, 1.54) is 28.6 Å². The van der Waals surface area contributed by atoms with Crippen LogP contribution in [0.1, 0.15) is 18.5 Å². The molecule has 9 nitrogen and oxygen atoms in total. The number of ether oxygens (including phenoxy) is 1. The number of hydrogen-bond acceptors (Lipinski definition) is 7. The van der Waals surface area contributed by atoms with Gasteiger partial charge in [-0.25, -0.2) is 8.42 Å². The Kier molecular flexibility index (Phi) is 5.14. The molecule has 0 saturated carbocycles. The van der Waals surface area contributed by atoms with Crippen molar-refractivity contribution in [1.29, 1.82) is 0 Å². The van der Waals surface area contributed by atoms with Crippen molar-refractivity contribution < 1.29 is 18.1 Å². The van der Waals surface area contributed by atoms with Crippen LogP contribution in [0.15, 0.2) is 41.3 Å². The van der Waals surface area contributed by atoms with Gasteiger partial charge in [-0.05, 0) is 38.0 Å². The minimum atomic E-state index is -3.74. The molecule has 1 aromatic heterocycles. The fourth-order valence-corrected chi connectivity index (χ4v) is 4.24. The largest absolute Gasteiger partial charge is 0.472 e. The molecular weight excluding hydrogens is 360 g/mol. The maximum atomic E-state index is 12.8. The summed E-state index contributed by atoms with van der Waals surface area (Å²) in [4.78, 5) is 10.2. The van der Waals surface area contributed by atoms with Crippen LogP contribution >= 0.6 is 0 Å². The highest BCUT2D eigenvalue weighted by Gasteiger charge is 2.31. The molecule has 0 bridgehead atoms. The molecule has 138 valence electrons. The number of sulfonamides is 1. The van der Waals surface area contributed by atoms with Crippen LogP contribution < -0.4 is 4.74 Å². The van der Waals surface area contributed by atoms with Crippen LogP contribution in [0.5, 0.6) is 5.88 Å². The molecule has 10 heteroatoms. The van der Waals surface area contributed by atoms with Crippen LogP contribution in [-0.4, -0.2) is 47.0 Å². The lowest BCUT2D eigenvalue weighted by Crippen LogP contribution is -2.44. The van der Waals surface area contributed by atoms with E-state index < -0.39 is 14.9 Å². The van der Waals surface area contributed by atoms with Gasteiger partial charge in [-0.15, -0.1) is 5.10 Å². The van der Waals surface area contributed by atoms with Crippen molar-refractivity contribution in [2.75, 3.05) is 13.1 Å². The monoisotopic (exact) mass is 378 g/mol. The van der Waals surface area contributed by atoms with Gasteiger partial charge in [0.05, 0.1) is 22.1 Å². The van der Waals surface area contributed by atoms with Crippen molar-refractivity contribution >= 4 is 15.7 Å². The van der Waals surface area contributed by atoms with Gasteiger partial charge in [0.25, 0.3) is 5.69 Å². The second-order valence-electron chi connectivity index (χ2n) is 6.01. The Hall–Kier alpha value is -2.59. The fraction of sp³-hybridized carbons (Fsp3) is 0.375. The third-order valence-electron chi connectivity index (χ3n) is 4.09. The standard InChI is InChI=1S/C16H18N4O5S/c1-12-4-9-16(18-17-12)25-14-3-2-10-19(11-14)26(23,24)15-7-5-13(6-8-15)20(21)22/h4-9,14H,2-3,10-11H2,1H3. The topological polar surface area (TPSA) is 116 Å². The zero-order valence-electron chi connectivity index (χ0n) is 14.1. The van der Waals surface area contributed by atoms with Gasteiger partial charge in [0.1, 0.15) is 6.10 Å². The second kappa shape index (κ2) is 7.34. The van der Waals surface area contributed by atoms with Gasteiger partial charge in [0, 0.05) is 24.7 Å². The summed E-state index contributed by atoms with van der Waals surface area (Å²) in [5.74, 6) is 0.357. The Balaban J connectivity index is 1.73. The van der Waals surface area contributed by atoms with Crippen LogP contribution in [0, 0.1) is 17.0 Å². The number of nitro groups is 1. The maximum absolute atomic E-state index is 12.8. The van der Waals surface area contributed by atoms with Crippen LogP contribution in [0.2, 0.25) is 0 Å². The second-order valence-corrected chi connectivity index (χ2v) is 7.95. The summed E-state index contributed by atoms with van der Waals surface area (Å²) >= 11 is 0. The summed E-state index contributed by atoms with van der Waals surface area (Å²) in [7, 11) is -3.74. The van der Waals surface area contributed by atoms with E-state index in [1.54, 1.807) is 12.1 Å². The first-order valence-corrected chi connectivity index (χ1v) is 9.52. The summed E-state index contributed by atoms with van der Waals surface area (Å²) in [5, 5.41) is 18.6. The van der Waals surface area contributed by atoms with Crippen molar-refractivity contribution in [1.82, 2.24) is 14.5 Å². The fourth-order valence-electron chi connectivity index (χ4n) is 2.73. The molecule has 26 heavy (non-hydrogen) atoms. The lowest BCUT2D eigenvalue weighted by atomic mass is 10.1. The molecule has 1 atom stereocenters. The van der Waals surface area contributed by atoms with E-state index in [0.29, 0.717) is 25.3 Å². The minimum Gasteiger partial charge on any atom is -0.472 e. The van der Waals surface area contributed by atoms with E-state index in [-0.39, 0.29) is 23.2 Å². The van der Waals surface area contributed by atoms with Crippen molar-refractivity contribution in [3.63, 3.8) is 0 Å². The number of aryl methyl sites for hydroxylation is 1. The van der Waals surface area contributed by atoms with Gasteiger partial charge < -0.3 is 4.74 Å². The van der Waals surface area contributed by atoms with E-state index in [4.69, 9.17) is 4.74 Å². The highest BCUT2D eigenvalue weighted by molar-refractivity contribution is 7.89. The number of nitrogens with zero attached hydrogens (tertiary/aromatic N) is 4. The van der Waals surface area contributed by atoms with Gasteiger partial charge >= 0.3 is 0 Å². The smallest absolute Gasteiger partial charge is 0.269 e. The molecule has 3 rings (SSSR count). The average molecular weight is 378 g/mol. The summed E-state index contributed by atoms with van der Waals surface area (Å²) in [6.45, 7) is 2.38. The Morgan fingerprint density at radius 2 is 1.92 bits per heavy atom. The molecule has 1 aliphatic rings. The van der Waals surface area contributed by atoms with Crippen LogP contribution in [0.4, 0.5) is 5.69 Å². The van der Waals surface area contributed by atoms with E-state index in [2.05, 4.69) is 10.2 Å². The van der Waals surface area contributed by atoms with Crippen molar-refractivity contribution in [2.45, 2.75) is 30.8 Å². The molecule has 0 radical (unpaired) electrons. The van der Waals surface area contributed by atoms with Crippen molar-refractivity contribution in [3.05, 3.63) is 52.2 Å². The quantitative estimate of drug-likeness (QED) is 0.576. The molecule has 0 spiro atoms. The van der Waals surface area contributed by atoms with Crippen LogP contribution in [0.25, 0.3) is 0 Å². The number of nitro benzene ring substituents is 1. The first kappa shape index (κ1) is 18.2. The van der Waals surface area contributed by atoms with Gasteiger partial charge in [-0.2, -0.15) is 9.40 Å². The molecule has 1 aromatic carbocycles. The predicted molar refractivity (Wildman–Crippen MR) is 92.3 cm³/mol. The highest BCUT2D eigenvalue weighted by Crippen LogP contribution is 2.24. The number of piperidine rings is 1. The zero-order valence-corrected chi connectivity index (χ0v) is 14.9. The third kappa shape index (κ3) is 3.97. The Morgan fingerprint density at radius 1 is 1.19 bits per heavy atom. The summed E-state index contributed by atoms with van der Waals surface area (Å²) in [6, 6.07) is 8.36. The lowest BCUT2D eigenvalue weighted by molar-refractivity contribution is -0.384. The summed E-state index contributed by atoms with van der Waals surface area (Å²) in [6.07, 6.45) is 1.03. The van der Waals surface area contributed by atoms with E-state index in [0.717, 1.165) is 5.69 Å². The van der Waals surface area contributed by atoms with E-state index >= 15 is 0 Å². The molecule has 1 aliphatic heterocycles. The van der Waals surface area contributed by atoms with E-state index in [1.807, 2.05) is 6.92 Å². The molecule has 2 heterocycles. The molecule has 1 fully saturated rings. The zero-order chi connectivity index (χ0) is 18.7. The van der Waals surface area contributed by atoms with Crippen molar-refractivity contribution in [2.24, 2.45) is 0 Å². The first-order valence-electron chi connectivity index (χ1n) is 8.08. The minimum absolute atomic E-state index is 0.0267. The normalized spacial score (nSPS) is 18.4. The lowest BCUT2D eigenvalue weighted by Gasteiger charge is -2.31. The Morgan fingerprint density at radius 3 is 2.54 bits per heavy atom. The van der Waals surface area contributed by atoms with Crippen LogP contribution in [0.3, 0.4) is 0 Å². The Labute approximate surface area is 150 Å². The molecule has 1 saturated heterocycles. The number of benzene rings is 1. The SMILES string of the molecule is Cc1ccc(OC2CCCN(S(=O)(=O)c3ccc([N+](=O)[O-])cc3)C2)nn1. The number of rotatable bonds is 5. The molecule has 0 aliphatic carbocycles. The molecular formula is C16H18N4O5S. The summed E-state index contributed by atoms with van der Waals surface area (Å²) in [5.41, 5.74) is 0.616. The number of aromatic nitrogens is 2. The summed E-state index contributed by atoms with van der Waals surface area (Å²) < 4.78 is 32.7. The predicted octanol–water partition coefficient (Wildman–Crippen LogP) is 1.93. The number of non-ortho nitro benzene ring substituents is 1. The first-order chi connectivity index (χ1) is 12.4. The highest BCUT2D eigenvalue weighted by atomic mass is 32.2. The average Bonchev–Trinajstić information content (AvgIpc) is 2.64. The van der Waals surface area contributed by atoms with Crippen molar-refractivity contribution in [3.8, 4) is 5.88 Å². The molecule has 2 aromatic rings. The van der Waals surface area contributed by atoms with Gasteiger partial charge in [-0.1, -0.05) is 0 Å². The van der Waals surface area contributed by atoms with E-state index in [9.17, 15) is 18.5 Å². The molecule has 0 amide bonds. The number of hydrogen-bond donors (Lipinski definition) is 0. The Bertz CT molecular complexity index is 884. The van der Waals surface area contributed by atoms with Crippen LogP contribution in [-0.2, 0) is 10.0 Å². The molecule has 1 unspecified atom stereocenters. The van der Waals surface area contributed by atoms with Gasteiger partial charge in [-0.3, -0.25) is 10.1 Å². The molecule has 0 N–H and O–H groups in total. The third-order valence-corrected chi connectivity index (χ3v) is 5.97. The van der Waals surface area contributed by atoms with Gasteiger partial charge in [0.15, 0.2) is 0 Å². The maximum Gasteiger partial charge on any atom is 0.269 e. The van der Waals surface area contributed by atoms with Gasteiger partial charge in [0.2, 0.25) is 15.9 Å².